The first-order chi connectivity index (χ1) is 9.45. The molecule has 0 spiro atoms. The van der Waals surface area contributed by atoms with Crippen molar-refractivity contribution in [3.8, 4) is 0 Å². The fourth-order valence-electron chi connectivity index (χ4n) is 2.00. The predicted octanol–water partition coefficient (Wildman–Crippen LogP) is 3.73. The second kappa shape index (κ2) is 5.95. The number of rotatable bonds is 3. The number of halogens is 4. The summed E-state index contributed by atoms with van der Waals surface area (Å²) in [6.07, 6.45) is 0. The molecule has 0 aliphatic heterocycles. The van der Waals surface area contributed by atoms with Crippen LogP contribution in [-0.2, 0) is 0 Å². The number of hydrogen-bond donors (Lipinski definition) is 2. The van der Waals surface area contributed by atoms with E-state index in [1.54, 1.807) is 6.92 Å². The van der Waals surface area contributed by atoms with Gasteiger partial charge < -0.3 is 0 Å². The molecule has 0 aromatic heterocycles. The maximum absolute atomic E-state index is 14.1. The molecule has 20 heavy (non-hydrogen) atoms. The van der Waals surface area contributed by atoms with Crippen LogP contribution in [0.2, 0.25) is 0 Å². The summed E-state index contributed by atoms with van der Waals surface area (Å²) in [5.74, 6) is 3.56. The van der Waals surface area contributed by atoms with E-state index in [0.29, 0.717) is 11.1 Å². The molecule has 2 rings (SSSR count). The first kappa shape index (κ1) is 15.0. The van der Waals surface area contributed by atoms with Crippen LogP contribution in [-0.4, -0.2) is 0 Å². The minimum Gasteiger partial charge on any atom is -0.271 e. The summed E-state index contributed by atoms with van der Waals surface area (Å²) in [6, 6.07) is 5.68. The standard InChI is InChI=1S/C14H12BrF3N2/c1-7-6-8(2-4-10(7)16)14(20-19)12-11(17)5-3-9(15)13(12)18/h2-6,14,20H,19H2,1H3. The Morgan fingerprint density at radius 3 is 2.35 bits per heavy atom. The van der Waals surface area contributed by atoms with Crippen molar-refractivity contribution in [3.05, 3.63) is 68.9 Å². The molecule has 0 aliphatic carbocycles. The van der Waals surface area contributed by atoms with Crippen molar-refractivity contribution >= 4 is 15.9 Å². The molecule has 2 nitrogen and oxygen atoms in total. The van der Waals surface area contributed by atoms with Crippen LogP contribution in [0.1, 0.15) is 22.7 Å². The van der Waals surface area contributed by atoms with Crippen molar-refractivity contribution in [2.75, 3.05) is 0 Å². The molecule has 2 aromatic rings. The van der Waals surface area contributed by atoms with E-state index in [0.717, 1.165) is 6.07 Å². The fourth-order valence-corrected chi connectivity index (χ4v) is 2.35. The third-order valence-corrected chi connectivity index (χ3v) is 3.66. The highest BCUT2D eigenvalue weighted by atomic mass is 79.9. The average Bonchev–Trinajstić information content (AvgIpc) is 2.42. The third-order valence-electron chi connectivity index (χ3n) is 3.05. The number of aryl methyl sites for hydroxylation is 1. The van der Waals surface area contributed by atoms with Crippen molar-refractivity contribution in [3.63, 3.8) is 0 Å². The number of nitrogens with two attached hydrogens (primary N) is 1. The van der Waals surface area contributed by atoms with E-state index in [-0.39, 0.29) is 15.9 Å². The predicted molar refractivity (Wildman–Crippen MR) is 74.4 cm³/mol. The molecule has 0 amide bonds. The molecule has 1 atom stereocenters. The molecule has 0 aliphatic rings. The Morgan fingerprint density at radius 2 is 1.75 bits per heavy atom. The zero-order valence-electron chi connectivity index (χ0n) is 10.6. The summed E-state index contributed by atoms with van der Waals surface area (Å²) < 4.78 is 41.4. The molecule has 0 saturated carbocycles. The van der Waals surface area contributed by atoms with E-state index in [9.17, 15) is 13.2 Å². The Bertz CT molecular complexity index is 647. The number of nitrogens with one attached hydrogen (secondary N) is 1. The molecule has 2 aromatic carbocycles. The van der Waals surface area contributed by atoms with Gasteiger partial charge in [-0.3, -0.25) is 5.84 Å². The van der Waals surface area contributed by atoms with Gasteiger partial charge in [0.05, 0.1) is 10.5 Å². The molecule has 106 valence electrons. The normalized spacial score (nSPS) is 12.5. The smallest absolute Gasteiger partial charge is 0.145 e. The van der Waals surface area contributed by atoms with Crippen molar-refractivity contribution in [1.82, 2.24) is 5.43 Å². The van der Waals surface area contributed by atoms with Gasteiger partial charge in [-0.15, -0.1) is 0 Å². The maximum Gasteiger partial charge on any atom is 0.145 e. The Morgan fingerprint density at radius 1 is 1.10 bits per heavy atom. The topological polar surface area (TPSA) is 38.0 Å². The lowest BCUT2D eigenvalue weighted by atomic mass is 9.97. The van der Waals surface area contributed by atoms with Crippen LogP contribution >= 0.6 is 15.9 Å². The van der Waals surface area contributed by atoms with Gasteiger partial charge >= 0.3 is 0 Å². The Labute approximate surface area is 122 Å². The number of benzene rings is 2. The van der Waals surface area contributed by atoms with Crippen molar-refractivity contribution < 1.29 is 13.2 Å². The van der Waals surface area contributed by atoms with Crippen molar-refractivity contribution in [2.24, 2.45) is 5.84 Å². The van der Waals surface area contributed by atoms with Gasteiger partial charge in [-0.05, 0) is 52.2 Å². The van der Waals surface area contributed by atoms with Gasteiger partial charge in [0.1, 0.15) is 17.5 Å². The van der Waals surface area contributed by atoms with Crippen LogP contribution in [0.5, 0.6) is 0 Å². The molecular weight excluding hydrogens is 333 g/mol. The SMILES string of the molecule is Cc1cc(C(NN)c2c(F)ccc(Br)c2F)ccc1F. The highest BCUT2D eigenvalue weighted by Crippen LogP contribution is 2.31. The van der Waals surface area contributed by atoms with Crippen LogP contribution in [0, 0.1) is 24.4 Å². The number of hydrogen-bond acceptors (Lipinski definition) is 2. The van der Waals surface area contributed by atoms with E-state index in [1.807, 2.05) is 0 Å². The molecule has 0 radical (unpaired) electrons. The average molecular weight is 345 g/mol. The molecule has 0 heterocycles. The lowest BCUT2D eigenvalue weighted by molar-refractivity contribution is 0.506. The summed E-state index contributed by atoms with van der Waals surface area (Å²) in [4.78, 5) is 0. The first-order valence-electron chi connectivity index (χ1n) is 5.81. The van der Waals surface area contributed by atoms with Gasteiger partial charge in [0.2, 0.25) is 0 Å². The van der Waals surface area contributed by atoms with Gasteiger partial charge in [-0.25, -0.2) is 18.6 Å². The van der Waals surface area contributed by atoms with Crippen LogP contribution in [0.15, 0.2) is 34.8 Å². The Balaban J connectivity index is 2.58. The summed E-state index contributed by atoms with van der Waals surface area (Å²) in [6.45, 7) is 1.57. The van der Waals surface area contributed by atoms with Crippen LogP contribution in [0.25, 0.3) is 0 Å². The van der Waals surface area contributed by atoms with Gasteiger partial charge in [0.15, 0.2) is 0 Å². The van der Waals surface area contributed by atoms with Gasteiger partial charge in [-0.1, -0.05) is 12.1 Å². The zero-order valence-corrected chi connectivity index (χ0v) is 12.1. The van der Waals surface area contributed by atoms with E-state index in [4.69, 9.17) is 5.84 Å². The van der Waals surface area contributed by atoms with E-state index < -0.39 is 17.7 Å². The summed E-state index contributed by atoms with van der Waals surface area (Å²) in [5.41, 5.74) is 3.00. The minimum absolute atomic E-state index is 0.132. The summed E-state index contributed by atoms with van der Waals surface area (Å²) >= 11 is 3.01. The molecule has 0 bridgehead atoms. The van der Waals surface area contributed by atoms with Crippen molar-refractivity contribution in [1.29, 1.82) is 0 Å². The summed E-state index contributed by atoms with van der Waals surface area (Å²) in [7, 11) is 0. The minimum atomic E-state index is -0.910. The quantitative estimate of drug-likeness (QED) is 0.505. The molecular formula is C14H12BrF3N2. The van der Waals surface area contributed by atoms with E-state index in [1.165, 1.54) is 24.3 Å². The third kappa shape index (κ3) is 2.72. The largest absolute Gasteiger partial charge is 0.271 e. The highest BCUT2D eigenvalue weighted by Gasteiger charge is 2.23. The molecule has 1 unspecified atom stereocenters. The second-order valence-electron chi connectivity index (χ2n) is 4.37. The van der Waals surface area contributed by atoms with E-state index >= 15 is 0 Å². The Hall–Kier alpha value is -1.37. The van der Waals surface area contributed by atoms with Crippen LogP contribution in [0.3, 0.4) is 0 Å². The monoisotopic (exact) mass is 344 g/mol. The second-order valence-corrected chi connectivity index (χ2v) is 5.22. The first-order valence-corrected chi connectivity index (χ1v) is 6.60. The van der Waals surface area contributed by atoms with Gasteiger partial charge in [0, 0.05) is 5.56 Å². The lowest BCUT2D eigenvalue weighted by Gasteiger charge is -2.19. The summed E-state index contributed by atoms with van der Waals surface area (Å²) in [5, 5.41) is 0. The zero-order chi connectivity index (χ0) is 14.9. The van der Waals surface area contributed by atoms with Crippen LogP contribution < -0.4 is 11.3 Å². The Kier molecular flexibility index (Phi) is 4.47. The highest BCUT2D eigenvalue weighted by molar-refractivity contribution is 9.10. The molecule has 6 heteroatoms. The van der Waals surface area contributed by atoms with Gasteiger partial charge in [0.25, 0.3) is 0 Å². The molecule has 0 fully saturated rings. The molecule has 0 saturated heterocycles. The van der Waals surface area contributed by atoms with Gasteiger partial charge in [-0.2, -0.15) is 0 Å². The lowest BCUT2D eigenvalue weighted by Crippen LogP contribution is -2.30. The van der Waals surface area contributed by atoms with Crippen molar-refractivity contribution in [2.45, 2.75) is 13.0 Å². The number of hydrazine groups is 1. The maximum atomic E-state index is 14.1. The fraction of sp³-hybridized carbons (Fsp3) is 0.143. The van der Waals surface area contributed by atoms with Crippen LogP contribution in [0.4, 0.5) is 13.2 Å². The molecule has 3 N–H and O–H groups in total. The van der Waals surface area contributed by atoms with E-state index in [2.05, 4.69) is 21.4 Å².